The molecule has 2 aliphatic heterocycles. The number of quaternary nitrogens is 1. The fourth-order valence-corrected chi connectivity index (χ4v) is 5.70. The topological polar surface area (TPSA) is 62.5 Å². The molecule has 0 aliphatic carbocycles. The van der Waals surface area contributed by atoms with Gasteiger partial charge in [-0.3, -0.25) is 14.2 Å². The molecule has 0 bridgehead atoms. The molecule has 3 heterocycles. The third-order valence-corrected chi connectivity index (χ3v) is 7.56. The monoisotopic (exact) mass is 463 g/mol. The van der Waals surface area contributed by atoms with Gasteiger partial charge < -0.3 is 14.8 Å². The summed E-state index contributed by atoms with van der Waals surface area (Å²) >= 11 is 5.44. The van der Waals surface area contributed by atoms with Gasteiger partial charge >= 0.3 is 0 Å². The first kappa shape index (κ1) is 22.0. The molecule has 0 saturated carbocycles. The van der Waals surface area contributed by atoms with E-state index in [0.717, 1.165) is 43.1 Å². The van der Waals surface area contributed by atoms with Gasteiger partial charge in [0.2, 0.25) is 5.91 Å². The minimum absolute atomic E-state index is 0.142. The summed E-state index contributed by atoms with van der Waals surface area (Å²) in [6.45, 7) is 4.34. The van der Waals surface area contributed by atoms with Gasteiger partial charge in [-0.15, -0.1) is 0 Å². The maximum Gasteiger partial charge on any atom is 0.266 e. The lowest BCUT2D eigenvalue weighted by molar-refractivity contribution is -0.931. The summed E-state index contributed by atoms with van der Waals surface area (Å²) in [7, 11) is 0. The third-order valence-electron chi connectivity index (χ3n) is 7.28. The molecule has 2 saturated heterocycles. The number of nitrogens with zero attached hydrogens (tertiary/aromatic N) is 2. The van der Waals surface area contributed by atoms with Crippen molar-refractivity contribution in [2.45, 2.75) is 44.6 Å². The number of H-pyrrole nitrogens is 1. The number of fused-ring (bicyclic) bond motifs is 1. The van der Waals surface area contributed by atoms with E-state index in [-0.39, 0.29) is 11.5 Å². The van der Waals surface area contributed by atoms with Crippen LogP contribution in [0.15, 0.2) is 53.3 Å². The number of aromatic nitrogens is 2. The van der Waals surface area contributed by atoms with Crippen LogP contribution in [-0.4, -0.2) is 52.6 Å². The molecule has 1 amide bonds. The SMILES string of the molecule is O=C(Cc1ccc(-n2c(=S)[nH]c3ccccc3c2=O)cc1)N1CCC([NH+]2CCCCC2)CC1. The van der Waals surface area contributed by atoms with E-state index in [1.807, 2.05) is 47.4 Å². The smallest absolute Gasteiger partial charge is 0.266 e. The number of carbonyl (C=O) groups excluding carboxylic acids is 1. The van der Waals surface area contributed by atoms with Crippen molar-refractivity contribution in [2.75, 3.05) is 26.2 Å². The summed E-state index contributed by atoms with van der Waals surface area (Å²) in [5.74, 6) is 0.190. The Hall–Kier alpha value is -2.77. The number of hydrogen-bond donors (Lipinski definition) is 2. The zero-order valence-corrected chi connectivity index (χ0v) is 19.7. The number of amides is 1. The first-order valence-electron chi connectivity index (χ1n) is 12.1. The Bertz CT molecular complexity index is 1250. The van der Waals surface area contributed by atoms with Gasteiger partial charge in [-0.1, -0.05) is 24.3 Å². The highest BCUT2D eigenvalue weighted by molar-refractivity contribution is 7.71. The van der Waals surface area contributed by atoms with Crippen molar-refractivity contribution in [1.29, 1.82) is 0 Å². The molecule has 3 aromatic rings. The molecule has 2 aromatic carbocycles. The maximum absolute atomic E-state index is 13.0. The number of hydrogen-bond acceptors (Lipinski definition) is 3. The molecule has 1 aromatic heterocycles. The highest BCUT2D eigenvalue weighted by atomic mass is 32.1. The predicted molar refractivity (Wildman–Crippen MR) is 133 cm³/mol. The molecule has 5 rings (SSSR count). The van der Waals surface area contributed by atoms with Gasteiger partial charge in [0.25, 0.3) is 5.56 Å². The molecule has 0 radical (unpaired) electrons. The minimum Gasteiger partial charge on any atom is -0.342 e. The number of nitrogens with one attached hydrogen (secondary N) is 2. The summed E-state index contributed by atoms with van der Waals surface area (Å²) in [6.07, 6.45) is 6.69. The Morgan fingerprint density at radius 1 is 1.00 bits per heavy atom. The summed E-state index contributed by atoms with van der Waals surface area (Å²) in [5.41, 5.74) is 2.25. The Balaban J connectivity index is 1.24. The van der Waals surface area contributed by atoms with Gasteiger partial charge in [0.15, 0.2) is 4.77 Å². The lowest BCUT2D eigenvalue weighted by Gasteiger charge is -2.37. The van der Waals surface area contributed by atoms with Crippen LogP contribution in [-0.2, 0) is 11.2 Å². The van der Waals surface area contributed by atoms with Crippen LogP contribution in [0.3, 0.4) is 0 Å². The van der Waals surface area contributed by atoms with Gasteiger partial charge in [0.1, 0.15) is 0 Å². The predicted octanol–water partition coefficient (Wildman–Crippen LogP) is 2.65. The van der Waals surface area contributed by atoms with E-state index >= 15 is 0 Å². The zero-order chi connectivity index (χ0) is 22.8. The number of rotatable bonds is 4. The second-order valence-electron chi connectivity index (χ2n) is 9.33. The van der Waals surface area contributed by atoms with Crippen LogP contribution in [0.25, 0.3) is 16.6 Å². The number of aromatic amines is 1. The van der Waals surface area contributed by atoms with Crippen molar-refractivity contribution in [3.05, 3.63) is 69.2 Å². The Kier molecular flexibility index (Phi) is 6.42. The van der Waals surface area contributed by atoms with E-state index in [9.17, 15) is 9.59 Å². The third kappa shape index (κ3) is 4.66. The fourth-order valence-electron chi connectivity index (χ4n) is 5.40. The molecule has 33 heavy (non-hydrogen) atoms. The van der Waals surface area contributed by atoms with Crippen LogP contribution in [0, 0.1) is 4.77 Å². The van der Waals surface area contributed by atoms with E-state index in [1.54, 1.807) is 11.0 Å². The van der Waals surface area contributed by atoms with Crippen LogP contribution >= 0.6 is 12.2 Å². The number of likely N-dealkylation sites (tertiary alicyclic amines) is 2. The van der Waals surface area contributed by atoms with E-state index < -0.39 is 0 Å². The fraction of sp³-hybridized carbons (Fsp3) is 0.423. The van der Waals surface area contributed by atoms with Crippen LogP contribution in [0.4, 0.5) is 0 Å². The Morgan fingerprint density at radius 2 is 1.70 bits per heavy atom. The lowest BCUT2D eigenvalue weighted by Crippen LogP contribution is -3.16. The van der Waals surface area contributed by atoms with E-state index in [1.165, 1.54) is 36.9 Å². The summed E-state index contributed by atoms with van der Waals surface area (Å²) in [4.78, 5) is 32.8. The summed E-state index contributed by atoms with van der Waals surface area (Å²) in [5, 5.41) is 0.597. The molecular formula is C26H31N4O2S+. The van der Waals surface area contributed by atoms with Crippen LogP contribution in [0.1, 0.15) is 37.7 Å². The number of para-hydroxylation sites is 1. The number of piperidine rings is 2. The van der Waals surface area contributed by atoms with Gasteiger partial charge in [0, 0.05) is 25.9 Å². The molecule has 6 nitrogen and oxygen atoms in total. The minimum atomic E-state index is -0.142. The molecular weight excluding hydrogens is 432 g/mol. The second kappa shape index (κ2) is 9.61. The number of benzene rings is 2. The van der Waals surface area contributed by atoms with Gasteiger partial charge in [-0.25, -0.2) is 0 Å². The first-order chi connectivity index (χ1) is 16.1. The van der Waals surface area contributed by atoms with E-state index in [2.05, 4.69) is 4.98 Å². The average Bonchev–Trinajstić information content (AvgIpc) is 2.86. The highest BCUT2D eigenvalue weighted by Crippen LogP contribution is 2.15. The molecule has 2 fully saturated rings. The van der Waals surface area contributed by atoms with E-state index in [0.29, 0.717) is 22.3 Å². The lowest BCUT2D eigenvalue weighted by atomic mass is 9.99. The van der Waals surface area contributed by atoms with Crippen molar-refractivity contribution >= 4 is 29.0 Å². The first-order valence-corrected chi connectivity index (χ1v) is 12.5. The largest absolute Gasteiger partial charge is 0.342 e. The average molecular weight is 464 g/mol. The van der Waals surface area contributed by atoms with Crippen molar-refractivity contribution in [2.24, 2.45) is 0 Å². The standard InChI is InChI=1S/C26H30N4O2S/c31-24(29-16-12-20(13-17-29)28-14-4-1-5-15-28)18-19-8-10-21(11-9-19)30-25(32)22-6-2-3-7-23(22)27-26(30)33/h2-3,6-11,20H,1,4-5,12-18H2,(H,27,33)/p+1. The zero-order valence-electron chi connectivity index (χ0n) is 18.9. The molecule has 7 heteroatoms. The van der Waals surface area contributed by atoms with Crippen LogP contribution in [0.5, 0.6) is 0 Å². The Labute approximate surface area is 198 Å². The quantitative estimate of drug-likeness (QED) is 0.585. The van der Waals surface area contributed by atoms with Crippen molar-refractivity contribution in [1.82, 2.24) is 14.5 Å². The summed E-state index contributed by atoms with van der Waals surface area (Å²) in [6, 6.07) is 15.7. The molecule has 0 spiro atoms. The Morgan fingerprint density at radius 3 is 2.42 bits per heavy atom. The van der Waals surface area contributed by atoms with Crippen molar-refractivity contribution in [3.8, 4) is 5.69 Å². The molecule has 2 aliphatic rings. The maximum atomic E-state index is 13.0. The van der Waals surface area contributed by atoms with Gasteiger partial charge in [-0.05, 0) is 61.3 Å². The normalized spacial score (nSPS) is 18.0. The second-order valence-corrected chi connectivity index (χ2v) is 9.72. The molecule has 2 N–H and O–H groups in total. The van der Waals surface area contributed by atoms with Crippen molar-refractivity contribution < 1.29 is 9.69 Å². The molecule has 172 valence electrons. The van der Waals surface area contributed by atoms with Gasteiger partial charge in [0.05, 0.1) is 42.1 Å². The van der Waals surface area contributed by atoms with Gasteiger partial charge in [-0.2, -0.15) is 0 Å². The van der Waals surface area contributed by atoms with Crippen molar-refractivity contribution in [3.63, 3.8) is 0 Å². The molecule has 0 atom stereocenters. The highest BCUT2D eigenvalue weighted by Gasteiger charge is 2.30. The van der Waals surface area contributed by atoms with E-state index in [4.69, 9.17) is 12.2 Å². The summed E-state index contributed by atoms with van der Waals surface area (Å²) < 4.78 is 1.87. The molecule has 0 unspecified atom stereocenters. The van der Waals surface area contributed by atoms with Crippen LogP contribution in [0.2, 0.25) is 0 Å². The number of carbonyl (C=O) groups is 1. The van der Waals surface area contributed by atoms with Crippen LogP contribution < -0.4 is 10.5 Å².